The van der Waals surface area contributed by atoms with Gasteiger partial charge in [-0.2, -0.15) is 0 Å². The van der Waals surface area contributed by atoms with Crippen LogP contribution in [0.4, 0.5) is 0 Å². The molecular formula is C14H21N. The van der Waals surface area contributed by atoms with Crippen molar-refractivity contribution in [3.05, 3.63) is 34.9 Å². The highest BCUT2D eigenvalue weighted by molar-refractivity contribution is 5.30. The van der Waals surface area contributed by atoms with Gasteiger partial charge in [0.25, 0.3) is 0 Å². The van der Waals surface area contributed by atoms with Crippen molar-refractivity contribution in [2.75, 3.05) is 6.54 Å². The van der Waals surface area contributed by atoms with Crippen molar-refractivity contribution in [3.8, 4) is 0 Å². The number of benzene rings is 1. The van der Waals surface area contributed by atoms with Crippen molar-refractivity contribution in [3.63, 3.8) is 0 Å². The second kappa shape index (κ2) is 3.97. The van der Waals surface area contributed by atoms with Gasteiger partial charge in [-0.25, -0.2) is 0 Å². The number of aryl methyl sites for hydroxylation is 2. The fourth-order valence-corrected chi connectivity index (χ4v) is 2.60. The molecule has 0 unspecified atom stereocenters. The molecule has 0 heterocycles. The van der Waals surface area contributed by atoms with Crippen LogP contribution in [0.5, 0.6) is 0 Å². The summed E-state index contributed by atoms with van der Waals surface area (Å²) >= 11 is 0. The zero-order valence-corrected chi connectivity index (χ0v) is 9.84. The highest BCUT2D eigenvalue weighted by Crippen LogP contribution is 2.51. The molecule has 0 saturated heterocycles. The van der Waals surface area contributed by atoms with Gasteiger partial charge >= 0.3 is 0 Å². The van der Waals surface area contributed by atoms with Gasteiger partial charge in [-0.3, -0.25) is 0 Å². The third-order valence-corrected chi connectivity index (χ3v) is 3.49. The molecular weight excluding hydrogens is 182 g/mol. The van der Waals surface area contributed by atoms with Gasteiger partial charge in [0.2, 0.25) is 0 Å². The van der Waals surface area contributed by atoms with Crippen LogP contribution in [0.2, 0.25) is 0 Å². The van der Waals surface area contributed by atoms with Crippen molar-refractivity contribution in [1.82, 2.24) is 0 Å². The van der Waals surface area contributed by atoms with Crippen LogP contribution in [-0.4, -0.2) is 6.54 Å². The normalized spacial score (nSPS) is 17.8. The van der Waals surface area contributed by atoms with E-state index >= 15 is 0 Å². The minimum Gasteiger partial charge on any atom is -0.330 e. The maximum absolute atomic E-state index is 5.67. The van der Waals surface area contributed by atoms with Crippen molar-refractivity contribution in [2.24, 2.45) is 11.1 Å². The molecule has 0 atom stereocenters. The lowest BCUT2D eigenvalue weighted by Gasteiger charge is -2.14. The summed E-state index contributed by atoms with van der Waals surface area (Å²) in [5.41, 5.74) is 10.5. The topological polar surface area (TPSA) is 26.0 Å². The van der Waals surface area contributed by atoms with Gasteiger partial charge in [-0.15, -0.1) is 0 Å². The number of hydrogen-bond donors (Lipinski definition) is 1. The molecule has 1 aliphatic carbocycles. The van der Waals surface area contributed by atoms with E-state index in [9.17, 15) is 0 Å². The van der Waals surface area contributed by atoms with Crippen LogP contribution in [0.15, 0.2) is 18.2 Å². The van der Waals surface area contributed by atoms with E-state index in [0.29, 0.717) is 5.41 Å². The van der Waals surface area contributed by atoms with Gasteiger partial charge in [0, 0.05) is 0 Å². The quantitative estimate of drug-likeness (QED) is 0.800. The standard InChI is InChI=1S/C14H21N/c1-11-7-12(2)9-13(8-11)10-14(3-4-14)5-6-15/h7-9H,3-6,10,15H2,1-2H3. The molecule has 0 aliphatic heterocycles. The molecule has 0 radical (unpaired) electrons. The average molecular weight is 203 g/mol. The van der Waals surface area contributed by atoms with E-state index in [0.717, 1.165) is 6.54 Å². The summed E-state index contributed by atoms with van der Waals surface area (Å²) in [5.74, 6) is 0. The van der Waals surface area contributed by atoms with Crippen molar-refractivity contribution >= 4 is 0 Å². The average Bonchev–Trinajstić information content (AvgIpc) is 2.83. The third-order valence-electron chi connectivity index (χ3n) is 3.49. The first-order valence-corrected chi connectivity index (χ1v) is 5.91. The second-order valence-corrected chi connectivity index (χ2v) is 5.21. The molecule has 2 N–H and O–H groups in total. The van der Waals surface area contributed by atoms with E-state index in [-0.39, 0.29) is 0 Å². The molecule has 82 valence electrons. The maximum atomic E-state index is 5.67. The Morgan fingerprint density at radius 1 is 1.13 bits per heavy atom. The Kier molecular flexibility index (Phi) is 2.83. The van der Waals surface area contributed by atoms with Gasteiger partial charge in [0.05, 0.1) is 0 Å². The van der Waals surface area contributed by atoms with E-state index in [4.69, 9.17) is 5.73 Å². The predicted octanol–water partition coefficient (Wildman–Crippen LogP) is 2.97. The maximum Gasteiger partial charge on any atom is -0.00719 e. The van der Waals surface area contributed by atoms with E-state index in [2.05, 4.69) is 32.0 Å². The van der Waals surface area contributed by atoms with E-state index in [1.165, 1.54) is 42.4 Å². The monoisotopic (exact) mass is 203 g/mol. The van der Waals surface area contributed by atoms with Crippen LogP contribution in [0, 0.1) is 19.3 Å². The molecule has 2 rings (SSSR count). The molecule has 1 nitrogen and oxygen atoms in total. The summed E-state index contributed by atoms with van der Waals surface area (Å²) in [4.78, 5) is 0. The second-order valence-electron chi connectivity index (χ2n) is 5.21. The molecule has 0 bridgehead atoms. The SMILES string of the molecule is Cc1cc(C)cc(CC2(CCN)CC2)c1. The third kappa shape index (κ3) is 2.60. The first-order chi connectivity index (χ1) is 7.13. The summed E-state index contributed by atoms with van der Waals surface area (Å²) in [7, 11) is 0. The van der Waals surface area contributed by atoms with Gasteiger partial charge < -0.3 is 5.73 Å². The zero-order chi connectivity index (χ0) is 10.9. The molecule has 1 fully saturated rings. The summed E-state index contributed by atoms with van der Waals surface area (Å²) in [6.45, 7) is 5.20. The van der Waals surface area contributed by atoms with E-state index < -0.39 is 0 Å². The Balaban J connectivity index is 2.10. The first kappa shape index (κ1) is 10.7. The Hall–Kier alpha value is -0.820. The Bertz CT molecular complexity index is 330. The Labute approximate surface area is 92.7 Å². The molecule has 0 spiro atoms. The lowest BCUT2D eigenvalue weighted by atomic mass is 9.91. The fourth-order valence-electron chi connectivity index (χ4n) is 2.60. The predicted molar refractivity (Wildman–Crippen MR) is 65.0 cm³/mol. The molecule has 1 aromatic rings. The first-order valence-electron chi connectivity index (χ1n) is 5.91. The summed E-state index contributed by atoms with van der Waals surface area (Å²) in [5, 5.41) is 0. The Morgan fingerprint density at radius 3 is 2.20 bits per heavy atom. The van der Waals surface area contributed by atoms with Crippen molar-refractivity contribution in [2.45, 2.75) is 39.5 Å². The lowest BCUT2D eigenvalue weighted by molar-refractivity contribution is 0.471. The van der Waals surface area contributed by atoms with Gasteiger partial charge in [-0.05, 0) is 57.1 Å². The molecule has 15 heavy (non-hydrogen) atoms. The largest absolute Gasteiger partial charge is 0.330 e. The van der Waals surface area contributed by atoms with Gasteiger partial charge in [0.15, 0.2) is 0 Å². The summed E-state index contributed by atoms with van der Waals surface area (Å²) in [6.07, 6.45) is 5.17. The molecule has 1 heteroatoms. The van der Waals surface area contributed by atoms with E-state index in [1.807, 2.05) is 0 Å². The summed E-state index contributed by atoms with van der Waals surface area (Å²) < 4.78 is 0. The van der Waals surface area contributed by atoms with Gasteiger partial charge in [0.1, 0.15) is 0 Å². The molecule has 1 saturated carbocycles. The minimum absolute atomic E-state index is 0.564. The fraction of sp³-hybridized carbons (Fsp3) is 0.571. The number of hydrogen-bond acceptors (Lipinski definition) is 1. The van der Waals surface area contributed by atoms with Crippen LogP contribution < -0.4 is 5.73 Å². The van der Waals surface area contributed by atoms with Gasteiger partial charge in [-0.1, -0.05) is 29.3 Å². The van der Waals surface area contributed by atoms with Crippen LogP contribution in [0.1, 0.15) is 36.0 Å². The van der Waals surface area contributed by atoms with Crippen LogP contribution in [0.3, 0.4) is 0 Å². The highest BCUT2D eigenvalue weighted by atomic mass is 14.6. The molecule has 0 aromatic heterocycles. The Morgan fingerprint density at radius 2 is 1.73 bits per heavy atom. The smallest absolute Gasteiger partial charge is 0.00719 e. The number of nitrogens with two attached hydrogens (primary N) is 1. The van der Waals surface area contributed by atoms with Crippen molar-refractivity contribution in [1.29, 1.82) is 0 Å². The molecule has 0 amide bonds. The molecule has 1 aromatic carbocycles. The van der Waals surface area contributed by atoms with Crippen LogP contribution in [0.25, 0.3) is 0 Å². The highest BCUT2D eigenvalue weighted by Gasteiger charge is 2.41. The number of rotatable bonds is 4. The summed E-state index contributed by atoms with van der Waals surface area (Å²) in [6, 6.07) is 6.89. The van der Waals surface area contributed by atoms with E-state index in [1.54, 1.807) is 0 Å². The van der Waals surface area contributed by atoms with Crippen molar-refractivity contribution < 1.29 is 0 Å². The van der Waals surface area contributed by atoms with Crippen LogP contribution >= 0.6 is 0 Å². The van der Waals surface area contributed by atoms with Crippen LogP contribution in [-0.2, 0) is 6.42 Å². The molecule has 1 aliphatic rings. The zero-order valence-electron chi connectivity index (χ0n) is 9.84. The minimum atomic E-state index is 0.564. The lowest BCUT2D eigenvalue weighted by Crippen LogP contribution is -2.12.